The Kier molecular flexibility index (Phi) is 4.59. The van der Waals surface area contributed by atoms with E-state index in [0.717, 1.165) is 17.8 Å². The number of hydrogen-bond acceptors (Lipinski definition) is 2. The zero-order valence-corrected chi connectivity index (χ0v) is 11.7. The number of halogens is 4. The highest BCUT2D eigenvalue weighted by molar-refractivity contribution is 5.96. The Balaban J connectivity index is 2.04. The van der Waals surface area contributed by atoms with Crippen molar-refractivity contribution < 1.29 is 22.4 Å². The number of benzene rings is 1. The third kappa shape index (κ3) is 3.90. The summed E-state index contributed by atoms with van der Waals surface area (Å²) in [6.07, 6.45) is -3.19. The SMILES string of the molecule is Cc1ccc(F)c(C(=O)CCc2ccc(C(F)(F)F)nc2)c1. The summed E-state index contributed by atoms with van der Waals surface area (Å²) in [5, 5.41) is 0. The molecule has 1 aromatic carbocycles. The lowest BCUT2D eigenvalue weighted by molar-refractivity contribution is -0.141. The van der Waals surface area contributed by atoms with Gasteiger partial charge in [0.15, 0.2) is 5.78 Å². The first kappa shape index (κ1) is 16.1. The van der Waals surface area contributed by atoms with E-state index in [1.165, 1.54) is 18.2 Å². The monoisotopic (exact) mass is 311 g/mol. The average molecular weight is 311 g/mol. The van der Waals surface area contributed by atoms with Crippen LogP contribution in [0, 0.1) is 12.7 Å². The Morgan fingerprint density at radius 1 is 1.18 bits per heavy atom. The van der Waals surface area contributed by atoms with Gasteiger partial charge in [-0.25, -0.2) is 4.39 Å². The van der Waals surface area contributed by atoms with Gasteiger partial charge in [0.25, 0.3) is 0 Å². The molecule has 22 heavy (non-hydrogen) atoms. The highest BCUT2D eigenvalue weighted by atomic mass is 19.4. The molecule has 0 radical (unpaired) electrons. The summed E-state index contributed by atoms with van der Waals surface area (Å²) in [7, 11) is 0. The fraction of sp³-hybridized carbons (Fsp3) is 0.250. The lowest BCUT2D eigenvalue weighted by Crippen LogP contribution is -2.08. The van der Waals surface area contributed by atoms with Crippen LogP contribution < -0.4 is 0 Å². The Bertz CT molecular complexity index is 678. The summed E-state index contributed by atoms with van der Waals surface area (Å²) in [6, 6.07) is 6.39. The van der Waals surface area contributed by atoms with Crippen LogP contribution >= 0.6 is 0 Å². The van der Waals surface area contributed by atoms with E-state index in [2.05, 4.69) is 4.98 Å². The van der Waals surface area contributed by atoms with Crippen molar-refractivity contribution in [3.8, 4) is 0 Å². The second kappa shape index (κ2) is 6.25. The molecule has 0 atom stereocenters. The summed E-state index contributed by atoms with van der Waals surface area (Å²) >= 11 is 0. The van der Waals surface area contributed by atoms with E-state index in [1.807, 2.05) is 0 Å². The Morgan fingerprint density at radius 2 is 1.91 bits per heavy atom. The number of nitrogens with zero attached hydrogens (tertiary/aromatic N) is 1. The van der Waals surface area contributed by atoms with Crippen molar-refractivity contribution in [2.24, 2.45) is 0 Å². The maximum atomic E-state index is 13.6. The van der Waals surface area contributed by atoms with Crippen molar-refractivity contribution in [1.29, 1.82) is 0 Å². The van der Waals surface area contributed by atoms with Gasteiger partial charge in [-0.3, -0.25) is 9.78 Å². The maximum Gasteiger partial charge on any atom is 0.433 e. The van der Waals surface area contributed by atoms with Crippen LogP contribution in [0.3, 0.4) is 0 Å². The van der Waals surface area contributed by atoms with Gasteiger partial charge in [0, 0.05) is 12.6 Å². The average Bonchev–Trinajstić information content (AvgIpc) is 2.47. The van der Waals surface area contributed by atoms with Gasteiger partial charge in [0.1, 0.15) is 11.5 Å². The zero-order chi connectivity index (χ0) is 16.3. The first-order chi connectivity index (χ1) is 10.3. The van der Waals surface area contributed by atoms with Gasteiger partial charge < -0.3 is 0 Å². The summed E-state index contributed by atoms with van der Waals surface area (Å²) in [6.45, 7) is 1.75. The minimum absolute atomic E-state index is 0.000120. The van der Waals surface area contributed by atoms with Crippen molar-refractivity contribution in [2.75, 3.05) is 0 Å². The Labute approximate surface area is 124 Å². The van der Waals surface area contributed by atoms with Crippen LogP contribution in [0.5, 0.6) is 0 Å². The van der Waals surface area contributed by atoms with Crippen molar-refractivity contribution in [1.82, 2.24) is 4.98 Å². The van der Waals surface area contributed by atoms with Crippen LogP contribution in [-0.4, -0.2) is 10.8 Å². The fourth-order valence-electron chi connectivity index (χ4n) is 1.99. The second-order valence-electron chi connectivity index (χ2n) is 4.96. The van der Waals surface area contributed by atoms with Crippen LogP contribution in [0.1, 0.15) is 33.6 Å². The normalized spacial score (nSPS) is 11.5. The van der Waals surface area contributed by atoms with Gasteiger partial charge in [-0.15, -0.1) is 0 Å². The number of aromatic nitrogens is 1. The van der Waals surface area contributed by atoms with Crippen molar-refractivity contribution >= 4 is 5.78 Å². The number of aryl methyl sites for hydroxylation is 2. The molecule has 0 amide bonds. The zero-order valence-electron chi connectivity index (χ0n) is 11.7. The molecule has 1 heterocycles. The molecule has 2 nitrogen and oxygen atoms in total. The quantitative estimate of drug-likeness (QED) is 0.620. The first-order valence-electron chi connectivity index (χ1n) is 6.59. The van der Waals surface area contributed by atoms with Gasteiger partial charge in [-0.2, -0.15) is 13.2 Å². The van der Waals surface area contributed by atoms with E-state index in [1.54, 1.807) is 13.0 Å². The second-order valence-corrected chi connectivity index (χ2v) is 4.96. The number of Topliss-reactive ketones (excluding diaryl/α,β-unsaturated/α-hetero) is 1. The lowest BCUT2D eigenvalue weighted by atomic mass is 10.0. The molecular formula is C16H13F4NO. The highest BCUT2D eigenvalue weighted by Crippen LogP contribution is 2.27. The molecule has 6 heteroatoms. The topological polar surface area (TPSA) is 30.0 Å². The van der Waals surface area contributed by atoms with Crippen LogP contribution in [-0.2, 0) is 12.6 Å². The molecule has 0 aliphatic rings. The number of carbonyl (C=O) groups excluding carboxylic acids is 1. The van der Waals surface area contributed by atoms with Crippen molar-refractivity contribution in [3.05, 3.63) is 64.7 Å². The molecule has 0 bridgehead atoms. The minimum atomic E-state index is -4.49. The highest BCUT2D eigenvalue weighted by Gasteiger charge is 2.31. The third-order valence-electron chi connectivity index (χ3n) is 3.18. The maximum absolute atomic E-state index is 13.6. The molecule has 0 saturated heterocycles. The van der Waals surface area contributed by atoms with Crippen LogP contribution in [0.15, 0.2) is 36.5 Å². The predicted octanol–water partition coefficient (Wildman–Crippen LogP) is 4.36. The summed E-state index contributed by atoms with van der Waals surface area (Å²) in [5.41, 5.74) is 0.280. The van der Waals surface area contributed by atoms with Crippen LogP contribution in [0.25, 0.3) is 0 Å². The fourth-order valence-corrected chi connectivity index (χ4v) is 1.99. The molecule has 0 spiro atoms. The van der Waals surface area contributed by atoms with Gasteiger partial charge in [-0.05, 0) is 37.1 Å². The molecular weight excluding hydrogens is 298 g/mol. The lowest BCUT2D eigenvalue weighted by Gasteiger charge is -2.07. The van der Waals surface area contributed by atoms with E-state index < -0.39 is 17.7 Å². The minimum Gasteiger partial charge on any atom is -0.294 e. The number of carbonyl (C=O) groups is 1. The number of rotatable bonds is 4. The first-order valence-corrected chi connectivity index (χ1v) is 6.59. The molecule has 0 unspecified atom stereocenters. The third-order valence-corrected chi connectivity index (χ3v) is 3.18. The van der Waals surface area contributed by atoms with Crippen molar-refractivity contribution in [2.45, 2.75) is 25.9 Å². The molecule has 0 aliphatic heterocycles. The Hall–Kier alpha value is -2.24. The Morgan fingerprint density at radius 3 is 2.50 bits per heavy atom. The van der Waals surface area contributed by atoms with E-state index in [-0.39, 0.29) is 24.2 Å². The number of alkyl halides is 3. The largest absolute Gasteiger partial charge is 0.433 e. The van der Waals surface area contributed by atoms with Gasteiger partial charge >= 0.3 is 6.18 Å². The van der Waals surface area contributed by atoms with Gasteiger partial charge in [0.05, 0.1) is 5.56 Å². The number of hydrogen-bond donors (Lipinski definition) is 0. The number of ketones is 1. The van der Waals surface area contributed by atoms with Crippen molar-refractivity contribution in [3.63, 3.8) is 0 Å². The summed E-state index contributed by atoms with van der Waals surface area (Å²) in [5.74, 6) is -0.984. The molecule has 0 N–H and O–H groups in total. The van der Waals surface area contributed by atoms with Gasteiger partial charge in [0.2, 0.25) is 0 Å². The molecule has 0 saturated carbocycles. The molecule has 116 valence electrons. The molecule has 2 rings (SSSR count). The molecule has 2 aromatic rings. The van der Waals surface area contributed by atoms with Gasteiger partial charge in [-0.1, -0.05) is 17.7 Å². The predicted molar refractivity (Wildman–Crippen MR) is 73.0 cm³/mol. The van der Waals surface area contributed by atoms with E-state index in [4.69, 9.17) is 0 Å². The summed E-state index contributed by atoms with van der Waals surface area (Å²) in [4.78, 5) is 15.3. The van der Waals surface area contributed by atoms with E-state index in [0.29, 0.717) is 5.56 Å². The van der Waals surface area contributed by atoms with E-state index >= 15 is 0 Å². The van der Waals surface area contributed by atoms with Crippen LogP contribution in [0.2, 0.25) is 0 Å². The molecule has 0 aliphatic carbocycles. The van der Waals surface area contributed by atoms with E-state index in [9.17, 15) is 22.4 Å². The molecule has 0 fully saturated rings. The smallest absolute Gasteiger partial charge is 0.294 e. The standard InChI is InChI=1S/C16H13F4NO/c1-10-2-5-13(17)12(8-10)14(22)6-3-11-4-7-15(21-9-11)16(18,19)20/h2,4-5,7-9H,3,6H2,1H3. The van der Waals surface area contributed by atoms with Crippen LogP contribution in [0.4, 0.5) is 17.6 Å². The number of pyridine rings is 1. The molecule has 1 aromatic heterocycles. The summed E-state index contributed by atoms with van der Waals surface area (Å²) < 4.78 is 50.7.